The fourth-order valence-electron chi connectivity index (χ4n) is 1.31. The summed E-state index contributed by atoms with van der Waals surface area (Å²) in [5.41, 5.74) is 1.01. The monoisotopic (exact) mass is 237 g/mol. The summed E-state index contributed by atoms with van der Waals surface area (Å²) in [6.45, 7) is 6.58. The summed E-state index contributed by atoms with van der Waals surface area (Å²) < 4.78 is 10.3. The molecule has 0 aromatic heterocycles. The Labute approximate surface area is 102 Å². The first-order valence-electron chi connectivity index (χ1n) is 5.78. The van der Waals surface area contributed by atoms with E-state index in [1.807, 2.05) is 38.1 Å². The number of ether oxygens (including phenoxy) is 2. The molecule has 94 valence electrons. The summed E-state index contributed by atoms with van der Waals surface area (Å²) in [5.74, 6) is 0.833. The Kier molecular flexibility index (Phi) is 5.33. The number of benzene rings is 1. The zero-order chi connectivity index (χ0) is 12.7. The van der Waals surface area contributed by atoms with Crippen LogP contribution in [0.2, 0.25) is 0 Å². The molecule has 0 bridgehead atoms. The molecule has 0 unspecified atom stereocenters. The minimum absolute atomic E-state index is 0.165. The zero-order valence-electron chi connectivity index (χ0n) is 10.5. The Balaban J connectivity index is 2.42. The van der Waals surface area contributed by atoms with Crippen LogP contribution in [0.15, 0.2) is 24.3 Å². The van der Waals surface area contributed by atoms with Gasteiger partial charge < -0.3 is 14.8 Å². The van der Waals surface area contributed by atoms with Gasteiger partial charge in [0.25, 0.3) is 0 Å². The van der Waals surface area contributed by atoms with E-state index < -0.39 is 6.09 Å². The van der Waals surface area contributed by atoms with Crippen LogP contribution in [-0.2, 0) is 11.3 Å². The molecule has 4 nitrogen and oxygen atoms in total. The molecule has 1 aromatic rings. The third kappa shape index (κ3) is 5.24. The summed E-state index contributed by atoms with van der Waals surface area (Å²) in [5, 5.41) is 2.66. The van der Waals surface area contributed by atoms with Gasteiger partial charge in [0.2, 0.25) is 0 Å². The van der Waals surface area contributed by atoms with Crippen molar-refractivity contribution in [2.75, 3.05) is 6.61 Å². The molecule has 0 spiro atoms. The van der Waals surface area contributed by atoms with Gasteiger partial charge >= 0.3 is 6.09 Å². The van der Waals surface area contributed by atoms with Gasteiger partial charge in [-0.2, -0.15) is 0 Å². The Morgan fingerprint density at radius 2 is 1.94 bits per heavy atom. The van der Waals surface area contributed by atoms with E-state index in [-0.39, 0.29) is 6.10 Å². The zero-order valence-corrected chi connectivity index (χ0v) is 10.5. The molecule has 0 saturated heterocycles. The van der Waals surface area contributed by atoms with Crippen molar-refractivity contribution in [3.05, 3.63) is 29.8 Å². The van der Waals surface area contributed by atoms with Gasteiger partial charge in [-0.15, -0.1) is 0 Å². The van der Waals surface area contributed by atoms with E-state index in [2.05, 4.69) is 5.32 Å². The largest absolute Gasteiger partial charge is 0.491 e. The predicted octanol–water partition coefficient (Wildman–Crippen LogP) is 2.72. The summed E-state index contributed by atoms with van der Waals surface area (Å²) in [6, 6.07) is 7.62. The number of hydrogen-bond donors (Lipinski definition) is 1. The minimum atomic E-state index is -0.394. The van der Waals surface area contributed by atoms with Crippen LogP contribution in [0.4, 0.5) is 4.79 Å². The van der Waals surface area contributed by atoms with Gasteiger partial charge in [0.1, 0.15) is 5.75 Å². The standard InChI is InChI=1S/C13H19NO3/c1-4-16-13(15)14-9-11-5-7-12(8-6-11)17-10(2)3/h5-8,10H,4,9H2,1-3H3,(H,14,15). The Morgan fingerprint density at radius 3 is 2.47 bits per heavy atom. The Hall–Kier alpha value is -1.71. The first-order chi connectivity index (χ1) is 8.11. The maximum Gasteiger partial charge on any atom is 0.407 e. The van der Waals surface area contributed by atoms with Crippen LogP contribution < -0.4 is 10.1 Å². The molecule has 1 aromatic carbocycles. The van der Waals surface area contributed by atoms with E-state index in [4.69, 9.17) is 9.47 Å². The molecular formula is C13H19NO3. The molecule has 17 heavy (non-hydrogen) atoms. The SMILES string of the molecule is CCOC(=O)NCc1ccc(OC(C)C)cc1. The van der Waals surface area contributed by atoms with Crippen LogP contribution >= 0.6 is 0 Å². The molecule has 0 heterocycles. The number of hydrogen-bond acceptors (Lipinski definition) is 3. The lowest BCUT2D eigenvalue weighted by molar-refractivity contribution is 0.151. The Bertz CT molecular complexity index is 346. The average Bonchev–Trinajstić information content (AvgIpc) is 2.28. The molecule has 4 heteroatoms. The summed E-state index contributed by atoms with van der Waals surface area (Å²) >= 11 is 0. The van der Waals surface area contributed by atoms with E-state index in [0.29, 0.717) is 13.2 Å². The van der Waals surface area contributed by atoms with Crippen LogP contribution in [0.25, 0.3) is 0 Å². The number of carbonyl (C=O) groups excluding carboxylic acids is 1. The van der Waals surface area contributed by atoms with Gasteiger partial charge in [0, 0.05) is 6.54 Å². The van der Waals surface area contributed by atoms with Crippen LogP contribution in [0.3, 0.4) is 0 Å². The topological polar surface area (TPSA) is 47.6 Å². The van der Waals surface area contributed by atoms with Gasteiger partial charge in [-0.25, -0.2) is 4.79 Å². The highest BCUT2D eigenvalue weighted by molar-refractivity contribution is 5.67. The first-order valence-corrected chi connectivity index (χ1v) is 5.78. The number of nitrogens with one attached hydrogen (secondary N) is 1. The van der Waals surface area contributed by atoms with Gasteiger partial charge in [0.05, 0.1) is 12.7 Å². The molecule has 0 aliphatic rings. The van der Waals surface area contributed by atoms with Gasteiger partial charge in [-0.1, -0.05) is 12.1 Å². The van der Waals surface area contributed by atoms with Gasteiger partial charge in [-0.05, 0) is 38.5 Å². The van der Waals surface area contributed by atoms with Crippen LogP contribution in [0.5, 0.6) is 5.75 Å². The van der Waals surface area contributed by atoms with Crippen molar-refractivity contribution in [3.8, 4) is 5.75 Å². The molecule has 0 aliphatic carbocycles. The number of alkyl carbamates (subject to hydrolysis) is 1. The highest BCUT2D eigenvalue weighted by atomic mass is 16.5. The quantitative estimate of drug-likeness (QED) is 0.856. The second kappa shape index (κ2) is 6.78. The second-order valence-electron chi connectivity index (χ2n) is 3.88. The molecule has 0 radical (unpaired) electrons. The highest BCUT2D eigenvalue weighted by Gasteiger charge is 2.01. The van der Waals surface area contributed by atoms with Crippen molar-refractivity contribution >= 4 is 6.09 Å². The van der Waals surface area contributed by atoms with E-state index in [1.54, 1.807) is 6.92 Å². The van der Waals surface area contributed by atoms with Crippen molar-refractivity contribution in [2.45, 2.75) is 33.4 Å². The minimum Gasteiger partial charge on any atom is -0.491 e. The smallest absolute Gasteiger partial charge is 0.407 e. The molecule has 0 aliphatic heterocycles. The van der Waals surface area contributed by atoms with Gasteiger partial charge in [0.15, 0.2) is 0 Å². The first kappa shape index (κ1) is 13.4. The third-order valence-corrected chi connectivity index (χ3v) is 2.01. The Morgan fingerprint density at radius 1 is 1.29 bits per heavy atom. The van der Waals surface area contributed by atoms with Crippen LogP contribution in [-0.4, -0.2) is 18.8 Å². The molecule has 0 saturated carbocycles. The summed E-state index contributed by atoms with van der Waals surface area (Å²) in [7, 11) is 0. The van der Waals surface area contributed by atoms with Crippen LogP contribution in [0, 0.1) is 0 Å². The number of rotatable bonds is 5. The van der Waals surface area contributed by atoms with Crippen molar-refractivity contribution < 1.29 is 14.3 Å². The summed E-state index contributed by atoms with van der Waals surface area (Å²) in [4.78, 5) is 11.1. The van der Waals surface area contributed by atoms with Crippen molar-refractivity contribution in [1.82, 2.24) is 5.32 Å². The molecule has 1 N–H and O–H groups in total. The molecule has 1 amide bonds. The molecular weight excluding hydrogens is 218 g/mol. The predicted molar refractivity (Wildman–Crippen MR) is 66.1 cm³/mol. The van der Waals surface area contributed by atoms with Crippen molar-refractivity contribution in [3.63, 3.8) is 0 Å². The van der Waals surface area contributed by atoms with E-state index in [1.165, 1.54) is 0 Å². The lowest BCUT2D eigenvalue weighted by Gasteiger charge is -2.10. The van der Waals surface area contributed by atoms with Crippen molar-refractivity contribution in [1.29, 1.82) is 0 Å². The second-order valence-corrected chi connectivity index (χ2v) is 3.88. The fraction of sp³-hybridized carbons (Fsp3) is 0.462. The lowest BCUT2D eigenvalue weighted by atomic mass is 10.2. The van der Waals surface area contributed by atoms with Gasteiger partial charge in [-0.3, -0.25) is 0 Å². The molecule has 0 fully saturated rings. The molecule has 1 rings (SSSR count). The third-order valence-electron chi connectivity index (χ3n) is 2.01. The number of amides is 1. The van der Waals surface area contributed by atoms with E-state index in [0.717, 1.165) is 11.3 Å². The summed E-state index contributed by atoms with van der Waals surface area (Å²) in [6.07, 6.45) is -0.228. The fourth-order valence-corrected chi connectivity index (χ4v) is 1.31. The van der Waals surface area contributed by atoms with E-state index >= 15 is 0 Å². The maximum atomic E-state index is 11.1. The van der Waals surface area contributed by atoms with Crippen LogP contribution in [0.1, 0.15) is 26.3 Å². The van der Waals surface area contributed by atoms with E-state index in [9.17, 15) is 4.79 Å². The maximum absolute atomic E-state index is 11.1. The number of carbonyl (C=O) groups is 1. The van der Waals surface area contributed by atoms with Crippen molar-refractivity contribution in [2.24, 2.45) is 0 Å². The lowest BCUT2D eigenvalue weighted by Crippen LogP contribution is -2.23. The average molecular weight is 237 g/mol. The molecule has 0 atom stereocenters. The highest BCUT2D eigenvalue weighted by Crippen LogP contribution is 2.13. The normalized spacial score (nSPS) is 10.1.